The van der Waals surface area contributed by atoms with Crippen LogP contribution in [0.3, 0.4) is 0 Å². The molecule has 0 saturated heterocycles. The molecule has 1 aliphatic rings. The van der Waals surface area contributed by atoms with E-state index in [1.54, 1.807) is 6.20 Å². The summed E-state index contributed by atoms with van der Waals surface area (Å²) in [5, 5.41) is 10.5. The standard InChI is InChI=1S/C10H11ClN4O/c11-8-7-6(10(12)1-5(16)2-10)3-13-9(7)15-4-14-8/h3-5,16H,1-2,12H2,(H,13,14,15). The molecule has 3 rings (SSSR count). The number of hydrogen-bond donors (Lipinski definition) is 3. The third-order valence-electron chi connectivity index (χ3n) is 3.16. The molecule has 2 aromatic rings. The first-order valence-electron chi connectivity index (χ1n) is 5.05. The normalized spacial score (nSPS) is 29.3. The van der Waals surface area contributed by atoms with Crippen LogP contribution in [-0.2, 0) is 5.54 Å². The number of rotatable bonds is 1. The minimum Gasteiger partial charge on any atom is -0.393 e. The Bertz CT molecular complexity index is 547. The Balaban J connectivity index is 2.18. The molecule has 5 nitrogen and oxygen atoms in total. The molecule has 2 heterocycles. The maximum Gasteiger partial charge on any atom is 0.142 e. The van der Waals surface area contributed by atoms with Gasteiger partial charge in [-0.05, 0) is 12.8 Å². The summed E-state index contributed by atoms with van der Waals surface area (Å²) in [6.07, 6.45) is 3.98. The van der Waals surface area contributed by atoms with E-state index in [1.807, 2.05) is 0 Å². The van der Waals surface area contributed by atoms with E-state index in [0.717, 1.165) is 10.9 Å². The van der Waals surface area contributed by atoms with Gasteiger partial charge in [0.05, 0.1) is 11.5 Å². The molecule has 0 unspecified atom stereocenters. The van der Waals surface area contributed by atoms with E-state index in [9.17, 15) is 5.11 Å². The van der Waals surface area contributed by atoms with Crippen molar-refractivity contribution in [2.45, 2.75) is 24.5 Å². The maximum absolute atomic E-state index is 9.37. The number of aromatic amines is 1. The number of fused-ring (bicyclic) bond motifs is 1. The van der Waals surface area contributed by atoms with Crippen molar-refractivity contribution in [2.24, 2.45) is 5.73 Å². The maximum atomic E-state index is 9.37. The van der Waals surface area contributed by atoms with E-state index in [-0.39, 0.29) is 6.10 Å². The van der Waals surface area contributed by atoms with Crippen LogP contribution in [0.4, 0.5) is 0 Å². The predicted octanol–water partition coefficient (Wildman–Crippen LogP) is 0.920. The molecule has 0 aromatic carbocycles. The quantitative estimate of drug-likeness (QED) is 0.645. The number of nitrogens with two attached hydrogens (primary N) is 1. The first-order chi connectivity index (χ1) is 7.60. The van der Waals surface area contributed by atoms with Gasteiger partial charge >= 0.3 is 0 Å². The minimum absolute atomic E-state index is 0.321. The SMILES string of the molecule is NC1(c2c[nH]c3ncnc(Cl)c23)CC(O)C1. The van der Waals surface area contributed by atoms with Gasteiger partial charge in [0.15, 0.2) is 0 Å². The number of hydrogen-bond acceptors (Lipinski definition) is 4. The van der Waals surface area contributed by atoms with E-state index < -0.39 is 5.54 Å². The van der Waals surface area contributed by atoms with Crippen LogP contribution in [0, 0.1) is 0 Å². The molecule has 2 aromatic heterocycles. The summed E-state index contributed by atoms with van der Waals surface area (Å²) in [7, 11) is 0. The topological polar surface area (TPSA) is 87.8 Å². The molecule has 0 bridgehead atoms. The summed E-state index contributed by atoms with van der Waals surface area (Å²) in [4.78, 5) is 11.1. The summed E-state index contributed by atoms with van der Waals surface area (Å²) >= 11 is 6.04. The van der Waals surface area contributed by atoms with Crippen molar-refractivity contribution < 1.29 is 5.11 Å². The van der Waals surface area contributed by atoms with Gasteiger partial charge in [0.2, 0.25) is 0 Å². The number of halogens is 1. The zero-order chi connectivity index (χ0) is 11.3. The van der Waals surface area contributed by atoms with Crippen LogP contribution in [0.2, 0.25) is 5.15 Å². The molecule has 0 atom stereocenters. The molecular weight excluding hydrogens is 228 g/mol. The Kier molecular flexibility index (Phi) is 1.98. The van der Waals surface area contributed by atoms with Crippen LogP contribution in [0.1, 0.15) is 18.4 Å². The van der Waals surface area contributed by atoms with Crippen LogP contribution in [-0.4, -0.2) is 26.2 Å². The van der Waals surface area contributed by atoms with Crippen molar-refractivity contribution in [1.29, 1.82) is 0 Å². The number of nitrogens with one attached hydrogen (secondary N) is 1. The summed E-state index contributed by atoms with van der Waals surface area (Å²) in [5.41, 5.74) is 7.26. The number of aromatic nitrogens is 3. The lowest BCUT2D eigenvalue weighted by Gasteiger charge is -2.42. The van der Waals surface area contributed by atoms with E-state index in [1.165, 1.54) is 6.33 Å². The number of aliphatic hydroxyl groups excluding tert-OH is 1. The van der Waals surface area contributed by atoms with Crippen molar-refractivity contribution in [3.05, 3.63) is 23.2 Å². The van der Waals surface area contributed by atoms with Gasteiger partial charge in [-0.2, -0.15) is 0 Å². The second kappa shape index (κ2) is 3.16. The van der Waals surface area contributed by atoms with Gasteiger partial charge in [-0.25, -0.2) is 9.97 Å². The van der Waals surface area contributed by atoms with Crippen molar-refractivity contribution in [1.82, 2.24) is 15.0 Å². The summed E-state index contributed by atoms with van der Waals surface area (Å²) in [6.45, 7) is 0. The molecule has 16 heavy (non-hydrogen) atoms. The van der Waals surface area contributed by atoms with E-state index in [0.29, 0.717) is 23.6 Å². The zero-order valence-electron chi connectivity index (χ0n) is 8.44. The van der Waals surface area contributed by atoms with Gasteiger partial charge in [-0.3, -0.25) is 0 Å². The summed E-state index contributed by atoms with van der Waals surface area (Å²) < 4.78 is 0. The molecule has 0 spiro atoms. The second-order valence-electron chi connectivity index (χ2n) is 4.31. The predicted molar refractivity (Wildman–Crippen MR) is 60.0 cm³/mol. The van der Waals surface area contributed by atoms with Crippen LogP contribution in [0.25, 0.3) is 11.0 Å². The lowest BCUT2D eigenvalue weighted by atomic mass is 9.71. The molecule has 6 heteroatoms. The number of nitrogens with zero attached hydrogens (tertiary/aromatic N) is 2. The Labute approximate surface area is 96.7 Å². The highest BCUT2D eigenvalue weighted by molar-refractivity contribution is 6.34. The second-order valence-corrected chi connectivity index (χ2v) is 4.67. The lowest BCUT2D eigenvalue weighted by molar-refractivity contribution is 0.0217. The van der Waals surface area contributed by atoms with Gasteiger partial charge in [-0.1, -0.05) is 11.6 Å². The highest BCUT2D eigenvalue weighted by Gasteiger charge is 2.43. The van der Waals surface area contributed by atoms with Gasteiger partial charge < -0.3 is 15.8 Å². The molecule has 1 aliphatic carbocycles. The van der Waals surface area contributed by atoms with Crippen LogP contribution >= 0.6 is 11.6 Å². The first kappa shape index (κ1) is 10.0. The van der Waals surface area contributed by atoms with Crippen molar-refractivity contribution in [2.75, 3.05) is 0 Å². The lowest BCUT2D eigenvalue weighted by Crippen LogP contribution is -2.51. The van der Waals surface area contributed by atoms with Crippen LogP contribution < -0.4 is 5.73 Å². The minimum atomic E-state index is -0.508. The van der Waals surface area contributed by atoms with Crippen LogP contribution in [0.15, 0.2) is 12.5 Å². The fraction of sp³-hybridized carbons (Fsp3) is 0.400. The van der Waals surface area contributed by atoms with Crippen molar-refractivity contribution in [3.63, 3.8) is 0 Å². The van der Waals surface area contributed by atoms with E-state index >= 15 is 0 Å². The molecule has 0 radical (unpaired) electrons. The van der Waals surface area contributed by atoms with Crippen molar-refractivity contribution >= 4 is 22.6 Å². The zero-order valence-corrected chi connectivity index (χ0v) is 9.20. The van der Waals surface area contributed by atoms with E-state index in [2.05, 4.69) is 15.0 Å². The Morgan fingerprint density at radius 3 is 2.94 bits per heavy atom. The third-order valence-corrected chi connectivity index (χ3v) is 3.45. The van der Waals surface area contributed by atoms with Crippen molar-refractivity contribution in [3.8, 4) is 0 Å². The van der Waals surface area contributed by atoms with Gasteiger partial charge in [0.1, 0.15) is 17.1 Å². The van der Waals surface area contributed by atoms with Gasteiger partial charge in [0.25, 0.3) is 0 Å². The number of aliphatic hydroxyl groups is 1. The highest BCUT2D eigenvalue weighted by Crippen LogP contribution is 2.42. The molecule has 1 fully saturated rings. The highest BCUT2D eigenvalue weighted by atomic mass is 35.5. The third kappa shape index (κ3) is 1.25. The fourth-order valence-electron chi connectivity index (χ4n) is 2.32. The Morgan fingerprint density at radius 1 is 1.50 bits per heavy atom. The van der Waals surface area contributed by atoms with Gasteiger partial charge in [-0.15, -0.1) is 0 Å². The molecule has 1 saturated carbocycles. The number of H-pyrrole nitrogens is 1. The summed E-state index contributed by atoms with van der Waals surface area (Å²) in [5.74, 6) is 0. The Hall–Kier alpha value is -1.17. The van der Waals surface area contributed by atoms with Gasteiger partial charge in [0, 0.05) is 17.3 Å². The molecule has 4 N–H and O–H groups in total. The average Bonchev–Trinajstić information content (AvgIpc) is 2.61. The Morgan fingerprint density at radius 2 is 2.25 bits per heavy atom. The molecule has 84 valence electrons. The smallest absolute Gasteiger partial charge is 0.142 e. The largest absolute Gasteiger partial charge is 0.393 e. The fourth-order valence-corrected chi connectivity index (χ4v) is 2.55. The molecule has 0 amide bonds. The average molecular weight is 239 g/mol. The van der Waals surface area contributed by atoms with Crippen LogP contribution in [0.5, 0.6) is 0 Å². The first-order valence-corrected chi connectivity index (χ1v) is 5.43. The molecule has 0 aliphatic heterocycles. The summed E-state index contributed by atoms with van der Waals surface area (Å²) in [6, 6.07) is 0. The molecular formula is C10H11ClN4O. The monoisotopic (exact) mass is 238 g/mol. The van der Waals surface area contributed by atoms with E-state index in [4.69, 9.17) is 17.3 Å².